The van der Waals surface area contributed by atoms with Crippen molar-refractivity contribution in [1.29, 1.82) is 0 Å². The van der Waals surface area contributed by atoms with Gasteiger partial charge in [-0.15, -0.1) is 0 Å². The molecule has 5 N–H and O–H groups in total. The molecule has 1 saturated heterocycles. The molecule has 50 heavy (non-hydrogen) atoms. The summed E-state index contributed by atoms with van der Waals surface area (Å²) < 4.78 is 16.9. The number of aliphatic hydroxyl groups excluding tert-OH is 3. The average Bonchev–Trinajstić information content (AvgIpc) is 3.33. The van der Waals surface area contributed by atoms with Crippen LogP contribution in [0.25, 0.3) is 0 Å². The fourth-order valence-electron chi connectivity index (χ4n) is 6.52. The first-order valence-corrected chi connectivity index (χ1v) is 17.5. The summed E-state index contributed by atoms with van der Waals surface area (Å²) in [6.07, 6.45) is -3.57. The highest BCUT2D eigenvalue weighted by Crippen LogP contribution is 2.39. The molecule has 1 aliphatic carbocycles. The van der Waals surface area contributed by atoms with E-state index in [1.54, 1.807) is 45.0 Å². The van der Waals surface area contributed by atoms with Gasteiger partial charge >= 0.3 is 6.09 Å². The largest absolute Gasteiger partial charge is 0.492 e. The van der Waals surface area contributed by atoms with Crippen molar-refractivity contribution in [3.63, 3.8) is 0 Å². The van der Waals surface area contributed by atoms with E-state index in [1.807, 2.05) is 54.6 Å². The molecule has 11 heteroatoms. The monoisotopic (exact) mass is 689 g/mol. The van der Waals surface area contributed by atoms with Crippen molar-refractivity contribution in [1.82, 2.24) is 15.5 Å². The van der Waals surface area contributed by atoms with Gasteiger partial charge in [-0.05, 0) is 74.4 Å². The van der Waals surface area contributed by atoms with Gasteiger partial charge in [-0.2, -0.15) is 0 Å². The highest BCUT2D eigenvalue weighted by Gasteiger charge is 2.40. The molecule has 3 aromatic rings. The van der Waals surface area contributed by atoms with E-state index < -0.39 is 53.9 Å². The SMILES string of the molecule is CC(C)(C)OC(=O)N[C@@H](Cc1ccccc1)[C@@H](O)C[C@@H](Cc1ccc(OCCN2CCOCC2)cc1)C(=O)N[C@H]1c2ccccc2[C@@H](O)[C@H]1O. The molecule has 11 nitrogen and oxygen atoms in total. The molecule has 0 spiro atoms. The standard InChI is InChI=1S/C39H51N3O8/c1-39(2,3)50-38(47)40-32(24-26-9-5-4-6-10-26)33(43)25-28(37(46)41-34-30-11-7-8-12-31(30)35(44)36(34)45)23-27-13-15-29(16-14-27)49-22-19-42-17-20-48-21-18-42/h4-16,28,32-36,43-45H,17-25H2,1-3H3,(H,40,47)(H,41,46)/t28-,32+,33+,34+,35-,36+/m1/s1. The minimum absolute atomic E-state index is 0.00392. The Kier molecular flexibility index (Phi) is 12.9. The number of amides is 2. The van der Waals surface area contributed by atoms with Crippen LogP contribution in [0.3, 0.4) is 0 Å². The number of hydrogen-bond donors (Lipinski definition) is 5. The van der Waals surface area contributed by atoms with E-state index in [0.717, 1.165) is 44.0 Å². The van der Waals surface area contributed by atoms with Crippen molar-refractivity contribution >= 4 is 12.0 Å². The molecule has 3 aromatic carbocycles. The van der Waals surface area contributed by atoms with Gasteiger partial charge in [-0.25, -0.2) is 4.79 Å². The summed E-state index contributed by atoms with van der Waals surface area (Å²) in [5.41, 5.74) is 2.22. The Hall–Kier alpha value is -4.00. The first-order chi connectivity index (χ1) is 24.0. The first-order valence-electron chi connectivity index (χ1n) is 17.5. The first kappa shape index (κ1) is 37.3. The van der Waals surface area contributed by atoms with Gasteiger partial charge in [0.05, 0.1) is 31.4 Å². The summed E-state index contributed by atoms with van der Waals surface area (Å²) >= 11 is 0. The molecule has 1 heterocycles. The zero-order chi connectivity index (χ0) is 35.7. The molecule has 2 amide bonds. The Labute approximate surface area is 294 Å². The van der Waals surface area contributed by atoms with Crippen LogP contribution < -0.4 is 15.4 Å². The third-order valence-electron chi connectivity index (χ3n) is 9.16. The normalized spacial score (nSPS) is 21.0. The Morgan fingerprint density at radius 2 is 1.54 bits per heavy atom. The van der Waals surface area contributed by atoms with Gasteiger partial charge in [-0.1, -0.05) is 66.7 Å². The zero-order valence-corrected chi connectivity index (χ0v) is 29.2. The van der Waals surface area contributed by atoms with E-state index in [9.17, 15) is 24.9 Å². The van der Waals surface area contributed by atoms with Gasteiger partial charge in [0.1, 0.15) is 30.2 Å². The highest BCUT2D eigenvalue weighted by molar-refractivity contribution is 5.80. The predicted molar refractivity (Wildman–Crippen MR) is 189 cm³/mol. The lowest BCUT2D eigenvalue weighted by Crippen LogP contribution is -2.48. The smallest absolute Gasteiger partial charge is 0.407 e. The van der Waals surface area contributed by atoms with Crippen LogP contribution in [0.5, 0.6) is 5.75 Å². The van der Waals surface area contributed by atoms with Crippen LogP contribution in [0.4, 0.5) is 4.79 Å². The van der Waals surface area contributed by atoms with Gasteiger partial charge in [0.2, 0.25) is 5.91 Å². The highest BCUT2D eigenvalue weighted by atomic mass is 16.6. The fourth-order valence-corrected chi connectivity index (χ4v) is 6.52. The average molecular weight is 690 g/mol. The number of aliphatic hydroxyl groups is 3. The van der Waals surface area contributed by atoms with Gasteiger partial charge in [0.15, 0.2) is 0 Å². The number of carbonyl (C=O) groups is 2. The molecule has 2 aliphatic rings. The van der Waals surface area contributed by atoms with Crippen molar-refractivity contribution < 1.29 is 39.1 Å². The van der Waals surface area contributed by atoms with Gasteiger partial charge in [0, 0.05) is 25.6 Å². The topological polar surface area (TPSA) is 150 Å². The van der Waals surface area contributed by atoms with E-state index >= 15 is 0 Å². The summed E-state index contributed by atoms with van der Waals surface area (Å²) in [6.45, 7) is 9.88. The molecule has 0 aromatic heterocycles. The van der Waals surface area contributed by atoms with Crippen molar-refractivity contribution in [2.45, 2.75) is 76.0 Å². The molecule has 6 atom stereocenters. The molecule has 0 unspecified atom stereocenters. The number of morpholine rings is 1. The van der Waals surface area contributed by atoms with Crippen molar-refractivity contribution in [2.24, 2.45) is 5.92 Å². The van der Waals surface area contributed by atoms with Crippen molar-refractivity contribution in [3.05, 3.63) is 101 Å². The Morgan fingerprint density at radius 3 is 2.22 bits per heavy atom. The summed E-state index contributed by atoms with van der Waals surface area (Å²) in [4.78, 5) is 29.3. The number of carbonyl (C=O) groups excluding carboxylic acids is 2. The summed E-state index contributed by atoms with van der Waals surface area (Å²) in [6, 6.07) is 22.5. The van der Waals surface area contributed by atoms with Crippen molar-refractivity contribution in [2.75, 3.05) is 39.5 Å². The minimum atomic E-state index is -1.23. The molecule has 5 rings (SSSR count). The Morgan fingerprint density at radius 1 is 0.900 bits per heavy atom. The molecular formula is C39H51N3O8. The number of rotatable bonds is 14. The van der Waals surface area contributed by atoms with Crippen LogP contribution in [-0.4, -0.2) is 95.5 Å². The molecule has 270 valence electrons. The lowest BCUT2D eigenvalue weighted by atomic mass is 9.88. The second-order valence-electron chi connectivity index (χ2n) is 14.1. The third-order valence-corrected chi connectivity index (χ3v) is 9.16. The lowest BCUT2D eigenvalue weighted by molar-refractivity contribution is -0.128. The van der Waals surface area contributed by atoms with E-state index in [4.69, 9.17) is 14.2 Å². The van der Waals surface area contributed by atoms with Crippen LogP contribution in [0.1, 0.15) is 61.6 Å². The Bertz CT molecular complexity index is 1520. The maximum atomic E-state index is 14.1. The van der Waals surface area contributed by atoms with E-state index in [2.05, 4.69) is 15.5 Å². The second-order valence-corrected chi connectivity index (χ2v) is 14.1. The number of ether oxygens (including phenoxy) is 3. The zero-order valence-electron chi connectivity index (χ0n) is 29.2. The Balaban J connectivity index is 1.32. The van der Waals surface area contributed by atoms with E-state index in [0.29, 0.717) is 29.9 Å². The number of benzene rings is 3. The fraction of sp³-hybridized carbons (Fsp3) is 0.487. The van der Waals surface area contributed by atoms with Gasteiger partial charge in [0.25, 0.3) is 0 Å². The number of fused-ring (bicyclic) bond motifs is 1. The van der Waals surface area contributed by atoms with E-state index in [-0.39, 0.29) is 12.8 Å². The van der Waals surface area contributed by atoms with Gasteiger partial charge in [-0.3, -0.25) is 9.69 Å². The van der Waals surface area contributed by atoms with Crippen LogP contribution in [0.15, 0.2) is 78.9 Å². The number of nitrogens with one attached hydrogen (secondary N) is 2. The lowest BCUT2D eigenvalue weighted by Gasteiger charge is -2.30. The van der Waals surface area contributed by atoms with Crippen LogP contribution >= 0.6 is 0 Å². The second kappa shape index (κ2) is 17.3. The molecule has 1 fully saturated rings. The van der Waals surface area contributed by atoms with Crippen molar-refractivity contribution in [3.8, 4) is 5.75 Å². The number of nitrogens with zero attached hydrogens (tertiary/aromatic N) is 1. The maximum Gasteiger partial charge on any atom is 0.407 e. The quantitative estimate of drug-likeness (QED) is 0.171. The van der Waals surface area contributed by atoms with Crippen LogP contribution in [0.2, 0.25) is 0 Å². The molecule has 0 bridgehead atoms. The van der Waals surface area contributed by atoms with Gasteiger partial charge < -0.3 is 40.2 Å². The summed E-state index contributed by atoms with van der Waals surface area (Å²) in [7, 11) is 0. The molecule has 1 aliphatic heterocycles. The van der Waals surface area contributed by atoms with Crippen LogP contribution in [0, 0.1) is 5.92 Å². The summed E-state index contributed by atoms with van der Waals surface area (Å²) in [5.74, 6) is -0.431. The molecule has 0 radical (unpaired) electrons. The molecule has 0 saturated carbocycles. The number of alkyl carbamates (subject to hydrolysis) is 1. The predicted octanol–water partition coefficient (Wildman–Crippen LogP) is 3.71. The van der Waals surface area contributed by atoms with E-state index in [1.165, 1.54) is 0 Å². The maximum absolute atomic E-state index is 14.1. The minimum Gasteiger partial charge on any atom is -0.492 e. The molecular weight excluding hydrogens is 638 g/mol. The van der Waals surface area contributed by atoms with Crippen LogP contribution in [-0.2, 0) is 27.1 Å². The summed E-state index contributed by atoms with van der Waals surface area (Å²) in [5, 5.41) is 39.1. The number of hydrogen-bond acceptors (Lipinski definition) is 9. The third kappa shape index (κ3) is 10.5.